The monoisotopic (exact) mass is 289 g/mol. The van der Waals surface area contributed by atoms with Crippen molar-refractivity contribution in [3.05, 3.63) is 58.8 Å². The van der Waals surface area contributed by atoms with Crippen LogP contribution in [-0.2, 0) is 0 Å². The fraction of sp³-hybridized carbons (Fsp3) is 0.0769. The summed E-state index contributed by atoms with van der Waals surface area (Å²) in [4.78, 5) is 8.24. The lowest BCUT2D eigenvalue weighted by molar-refractivity contribution is 1.11. The van der Waals surface area contributed by atoms with Gasteiger partial charge in [0.2, 0.25) is 5.95 Å². The lowest BCUT2D eigenvalue weighted by Gasteiger charge is -2.00. The number of anilines is 1. The molecule has 2 aromatic rings. The highest BCUT2D eigenvalue weighted by atomic mass is 79.9. The minimum absolute atomic E-state index is 0.630. The van der Waals surface area contributed by atoms with Crippen LogP contribution in [0.3, 0.4) is 0 Å². The molecule has 0 unspecified atom stereocenters. The first kappa shape index (κ1) is 11.8. The van der Waals surface area contributed by atoms with Crippen molar-refractivity contribution in [3.63, 3.8) is 0 Å². The van der Waals surface area contributed by atoms with Gasteiger partial charge in [-0.3, -0.25) is 0 Å². The van der Waals surface area contributed by atoms with Crippen LogP contribution in [0.2, 0.25) is 0 Å². The first-order chi connectivity index (χ1) is 8.34. The molecule has 17 heavy (non-hydrogen) atoms. The molecular weight excluding hydrogens is 278 g/mol. The minimum Gasteiger partial charge on any atom is -0.351 e. The second-order valence-electron chi connectivity index (χ2n) is 3.42. The Labute approximate surface area is 109 Å². The molecule has 0 spiro atoms. The molecular formula is C13H12BrN3. The highest BCUT2D eigenvalue weighted by Gasteiger charge is 1.92. The molecule has 1 heterocycles. The summed E-state index contributed by atoms with van der Waals surface area (Å²) < 4.78 is 0.878. The van der Waals surface area contributed by atoms with Crippen molar-refractivity contribution >= 4 is 28.0 Å². The molecule has 3 nitrogen and oxygen atoms in total. The first-order valence-corrected chi connectivity index (χ1v) is 6.07. The Morgan fingerprint density at radius 1 is 1.12 bits per heavy atom. The maximum Gasteiger partial charge on any atom is 0.222 e. The van der Waals surface area contributed by atoms with Gasteiger partial charge in [-0.25, -0.2) is 9.97 Å². The highest BCUT2D eigenvalue weighted by Crippen LogP contribution is 2.06. The molecule has 4 heteroatoms. The average molecular weight is 290 g/mol. The summed E-state index contributed by atoms with van der Waals surface area (Å²) in [5.41, 5.74) is 1.19. The Balaban J connectivity index is 1.84. The van der Waals surface area contributed by atoms with Crippen LogP contribution in [0.15, 0.2) is 53.3 Å². The van der Waals surface area contributed by atoms with E-state index in [1.807, 2.05) is 24.3 Å². The van der Waals surface area contributed by atoms with Crippen molar-refractivity contribution in [1.82, 2.24) is 9.97 Å². The largest absolute Gasteiger partial charge is 0.351 e. The second-order valence-corrected chi connectivity index (χ2v) is 4.33. The molecule has 0 radical (unpaired) electrons. The van der Waals surface area contributed by atoms with Gasteiger partial charge in [0, 0.05) is 18.9 Å². The Morgan fingerprint density at radius 3 is 2.53 bits per heavy atom. The van der Waals surface area contributed by atoms with E-state index in [1.54, 1.807) is 12.4 Å². The van der Waals surface area contributed by atoms with E-state index < -0.39 is 0 Å². The van der Waals surface area contributed by atoms with Crippen molar-refractivity contribution in [2.45, 2.75) is 0 Å². The second kappa shape index (κ2) is 6.15. The van der Waals surface area contributed by atoms with E-state index in [2.05, 4.69) is 49.4 Å². The molecule has 0 atom stereocenters. The van der Waals surface area contributed by atoms with Crippen LogP contribution < -0.4 is 5.32 Å². The van der Waals surface area contributed by atoms with Crippen LogP contribution in [0.25, 0.3) is 6.08 Å². The number of nitrogens with one attached hydrogen (secondary N) is 1. The summed E-state index contributed by atoms with van der Waals surface area (Å²) in [5.74, 6) is 0.630. The minimum atomic E-state index is 0.630. The predicted molar refractivity (Wildman–Crippen MR) is 73.7 cm³/mol. The number of hydrogen-bond acceptors (Lipinski definition) is 3. The maximum absolute atomic E-state index is 4.12. The third kappa shape index (κ3) is 4.00. The molecule has 1 aromatic carbocycles. The van der Waals surface area contributed by atoms with Gasteiger partial charge in [0.15, 0.2) is 0 Å². The van der Waals surface area contributed by atoms with Crippen molar-refractivity contribution in [1.29, 1.82) is 0 Å². The smallest absolute Gasteiger partial charge is 0.222 e. The quantitative estimate of drug-likeness (QED) is 0.938. The topological polar surface area (TPSA) is 37.8 Å². The highest BCUT2D eigenvalue weighted by molar-refractivity contribution is 9.10. The molecule has 0 aliphatic rings. The SMILES string of the molecule is Brc1cnc(NC/C=C/c2ccccc2)nc1. The molecule has 2 rings (SSSR count). The molecule has 0 aliphatic heterocycles. The van der Waals surface area contributed by atoms with Crippen LogP contribution in [0, 0.1) is 0 Å². The molecule has 0 saturated heterocycles. The van der Waals surface area contributed by atoms with Gasteiger partial charge in [-0.15, -0.1) is 0 Å². The summed E-state index contributed by atoms with van der Waals surface area (Å²) in [5, 5.41) is 3.11. The predicted octanol–water partition coefficient (Wildman–Crippen LogP) is 3.36. The van der Waals surface area contributed by atoms with Gasteiger partial charge in [-0.1, -0.05) is 42.5 Å². The van der Waals surface area contributed by atoms with Crippen molar-refractivity contribution in [3.8, 4) is 0 Å². The standard InChI is InChI=1S/C13H12BrN3/c14-12-9-16-13(17-10-12)15-8-4-7-11-5-2-1-3-6-11/h1-7,9-10H,8H2,(H,15,16,17)/b7-4+. The Morgan fingerprint density at radius 2 is 1.82 bits per heavy atom. The van der Waals surface area contributed by atoms with E-state index in [9.17, 15) is 0 Å². The van der Waals surface area contributed by atoms with E-state index in [-0.39, 0.29) is 0 Å². The first-order valence-electron chi connectivity index (χ1n) is 5.27. The summed E-state index contributed by atoms with van der Waals surface area (Å²) in [6, 6.07) is 10.2. The molecule has 1 aromatic heterocycles. The van der Waals surface area contributed by atoms with E-state index in [0.29, 0.717) is 12.5 Å². The Hall–Kier alpha value is -1.68. The number of rotatable bonds is 4. The van der Waals surface area contributed by atoms with E-state index in [0.717, 1.165) is 4.47 Å². The number of aromatic nitrogens is 2. The Kier molecular flexibility index (Phi) is 4.27. The van der Waals surface area contributed by atoms with Gasteiger partial charge in [0.1, 0.15) is 0 Å². The Bertz CT molecular complexity index is 480. The summed E-state index contributed by atoms with van der Waals surface area (Å²) in [6.45, 7) is 0.705. The maximum atomic E-state index is 4.12. The van der Waals surface area contributed by atoms with Gasteiger partial charge in [-0.2, -0.15) is 0 Å². The van der Waals surface area contributed by atoms with Crippen molar-refractivity contribution in [2.24, 2.45) is 0 Å². The number of hydrogen-bond donors (Lipinski definition) is 1. The number of nitrogens with zero attached hydrogens (tertiary/aromatic N) is 2. The number of halogens is 1. The van der Waals surface area contributed by atoms with Crippen LogP contribution in [0.5, 0.6) is 0 Å². The summed E-state index contributed by atoms with van der Waals surface area (Å²) >= 11 is 3.29. The average Bonchev–Trinajstić information content (AvgIpc) is 2.38. The number of benzene rings is 1. The van der Waals surface area contributed by atoms with E-state index in [1.165, 1.54) is 5.56 Å². The fourth-order valence-corrected chi connectivity index (χ4v) is 1.52. The summed E-state index contributed by atoms with van der Waals surface area (Å²) in [6.07, 6.45) is 7.54. The van der Waals surface area contributed by atoms with Crippen molar-refractivity contribution < 1.29 is 0 Å². The molecule has 0 saturated carbocycles. The molecule has 1 N–H and O–H groups in total. The summed E-state index contributed by atoms with van der Waals surface area (Å²) in [7, 11) is 0. The molecule has 0 bridgehead atoms. The molecule has 86 valence electrons. The van der Waals surface area contributed by atoms with Gasteiger partial charge in [-0.05, 0) is 21.5 Å². The molecule has 0 amide bonds. The van der Waals surface area contributed by atoms with Gasteiger partial charge >= 0.3 is 0 Å². The zero-order valence-corrected chi connectivity index (χ0v) is 10.8. The van der Waals surface area contributed by atoms with Crippen LogP contribution in [0.1, 0.15) is 5.56 Å². The van der Waals surface area contributed by atoms with Crippen LogP contribution >= 0.6 is 15.9 Å². The van der Waals surface area contributed by atoms with Crippen LogP contribution in [0.4, 0.5) is 5.95 Å². The van der Waals surface area contributed by atoms with Crippen LogP contribution in [-0.4, -0.2) is 16.5 Å². The fourth-order valence-electron chi connectivity index (χ4n) is 1.31. The van der Waals surface area contributed by atoms with Crippen molar-refractivity contribution in [2.75, 3.05) is 11.9 Å². The lowest BCUT2D eigenvalue weighted by atomic mass is 10.2. The normalized spacial score (nSPS) is 10.6. The third-order valence-corrected chi connectivity index (χ3v) is 2.52. The zero-order valence-electron chi connectivity index (χ0n) is 9.18. The molecule has 0 aliphatic carbocycles. The van der Waals surface area contributed by atoms with E-state index in [4.69, 9.17) is 0 Å². The van der Waals surface area contributed by atoms with Gasteiger partial charge < -0.3 is 5.32 Å². The lowest BCUT2D eigenvalue weighted by Crippen LogP contribution is -2.02. The van der Waals surface area contributed by atoms with E-state index >= 15 is 0 Å². The van der Waals surface area contributed by atoms with Gasteiger partial charge in [0.25, 0.3) is 0 Å². The van der Waals surface area contributed by atoms with Gasteiger partial charge in [0.05, 0.1) is 4.47 Å². The third-order valence-electron chi connectivity index (χ3n) is 2.11. The molecule has 0 fully saturated rings. The zero-order chi connectivity index (χ0) is 11.9.